The van der Waals surface area contributed by atoms with Gasteiger partial charge in [-0.1, -0.05) is 12.8 Å². The van der Waals surface area contributed by atoms with Gasteiger partial charge in [-0.25, -0.2) is 17.6 Å². The van der Waals surface area contributed by atoms with Crippen LogP contribution in [0.5, 0.6) is 0 Å². The van der Waals surface area contributed by atoms with Gasteiger partial charge < -0.3 is 4.55 Å². The van der Waals surface area contributed by atoms with Crippen molar-refractivity contribution in [2.45, 2.75) is 88.6 Å². The number of imidazole rings is 1. The van der Waals surface area contributed by atoms with E-state index in [9.17, 15) is 0 Å². The van der Waals surface area contributed by atoms with E-state index in [0.717, 1.165) is 23.8 Å². The molecular weight excluding hydrogens is 360 g/mol. The Morgan fingerprint density at radius 3 is 1.93 bits per heavy atom. The molecule has 152 valence electrons. The van der Waals surface area contributed by atoms with Gasteiger partial charge in [-0.15, -0.1) is 0 Å². The van der Waals surface area contributed by atoms with E-state index >= 15 is 0 Å². The number of rotatable bonds is 2. The van der Waals surface area contributed by atoms with Crippen LogP contribution in [0.15, 0.2) is 18.7 Å². The molecule has 5 aliphatic rings. The zero-order valence-corrected chi connectivity index (χ0v) is 17.4. The van der Waals surface area contributed by atoms with Crippen LogP contribution < -0.4 is 4.57 Å². The van der Waals surface area contributed by atoms with E-state index in [-0.39, 0.29) is 0 Å². The topological polar surface area (TPSA) is 66.0 Å². The Hall–Kier alpha value is -0.880. The Morgan fingerprint density at radius 1 is 0.963 bits per heavy atom. The van der Waals surface area contributed by atoms with Crippen LogP contribution in [0.25, 0.3) is 0 Å². The number of hydrogen-bond donors (Lipinski definition) is 0. The van der Waals surface area contributed by atoms with Crippen molar-refractivity contribution in [1.29, 1.82) is 0 Å². The molecule has 0 aliphatic heterocycles. The molecule has 4 bridgehead atoms. The monoisotopic (exact) mass is 394 g/mol. The van der Waals surface area contributed by atoms with E-state index < -0.39 is 10.1 Å². The first-order valence-corrected chi connectivity index (χ1v) is 12.6. The van der Waals surface area contributed by atoms with Crippen molar-refractivity contribution in [3.05, 3.63) is 18.7 Å². The third kappa shape index (κ3) is 4.58. The highest BCUT2D eigenvalue weighted by Crippen LogP contribution is 2.58. The lowest BCUT2D eigenvalue weighted by Crippen LogP contribution is -2.52. The van der Waals surface area contributed by atoms with Crippen molar-refractivity contribution < 1.29 is 17.5 Å². The van der Waals surface area contributed by atoms with Crippen LogP contribution in [0.2, 0.25) is 0 Å². The lowest BCUT2D eigenvalue weighted by Gasteiger charge is -2.54. The third-order valence-electron chi connectivity index (χ3n) is 7.46. The fourth-order valence-electron chi connectivity index (χ4n) is 6.80. The van der Waals surface area contributed by atoms with Gasteiger partial charge in [0, 0.05) is 6.26 Å². The van der Waals surface area contributed by atoms with Gasteiger partial charge in [0.2, 0.25) is 6.33 Å². The van der Waals surface area contributed by atoms with Crippen LogP contribution in [0, 0.1) is 17.8 Å². The molecule has 0 atom stereocenters. The molecule has 0 aromatic carbocycles. The summed E-state index contributed by atoms with van der Waals surface area (Å²) in [5.74, 6) is 3.12. The van der Waals surface area contributed by atoms with Crippen LogP contribution in [0.3, 0.4) is 0 Å². The average molecular weight is 395 g/mol. The van der Waals surface area contributed by atoms with Gasteiger partial charge in [-0.05, 0) is 82.0 Å². The molecule has 0 unspecified atom stereocenters. The highest BCUT2D eigenvalue weighted by atomic mass is 32.2. The first-order chi connectivity index (χ1) is 12.8. The SMILES string of the molecule is CS(=O)(=O)[O-].c1c[n+](C2CCCCCC2)cn1C12CC3CC(CC(C3)C1)C2. The molecule has 1 heterocycles. The Morgan fingerprint density at radius 2 is 1.44 bits per heavy atom. The van der Waals surface area contributed by atoms with Gasteiger partial charge in [0.25, 0.3) is 0 Å². The van der Waals surface area contributed by atoms with Crippen LogP contribution >= 0.6 is 0 Å². The Balaban J connectivity index is 0.000000323. The molecule has 1 aromatic heterocycles. The molecule has 0 radical (unpaired) electrons. The summed E-state index contributed by atoms with van der Waals surface area (Å²) < 4.78 is 32.5. The predicted octanol–water partition coefficient (Wildman–Crippen LogP) is 3.76. The second-order valence-corrected chi connectivity index (χ2v) is 11.2. The van der Waals surface area contributed by atoms with Gasteiger partial charge in [0.05, 0.1) is 10.1 Å². The van der Waals surface area contributed by atoms with Crippen molar-refractivity contribution in [2.75, 3.05) is 6.26 Å². The maximum Gasteiger partial charge on any atom is 0.244 e. The lowest BCUT2D eigenvalue weighted by atomic mass is 9.53. The molecule has 0 saturated heterocycles. The second kappa shape index (κ2) is 7.51. The van der Waals surface area contributed by atoms with E-state index in [1.165, 1.54) is 57.8 Å². The summed E-state index contributed by atoms with van der Waals surface area (Å²) in [7, 11) is -3.92. The van der Waals surface area contributed by atoms with Crippen LogP contribution in [0.1, 0.15) is 83.1 Å². The Labute approximate surface area is 163 Å². The summed E-state index contributed by atoms with van der Waals surface area (Å²) in [5, 5.41) is 0. The zero-order chi connectivity index (χ0) is 19.1. The minimum Gasteiger partial charge on any atom is -0.748 e. The van der Waals surface area contributed by atoms with Gasteiger partial charge >= 0.3 is 0 Å². The maximum absolute atomic E-state index is 9.08. The van der Waals surface area contributed by atoms with E-state index in [0.29, 0.717) is 11.8 Å². The summed E-state index contributed by atoms with van der Waals surface area (Å²) in [6.45, 7) is 0. The molecule has 27 heavy (non-hydrogen) atoms. The van der Waals surface area contributed by atoms with Gasteiger partial charge in [0.1, 0.15) is 24.0 Å². The Kier molecular flexibility index (Phi) is 5.40. The average Bonchev–Trinajstić information content (AvgIpc) is 2.90. The first-order valence-electron chi connectivity index (χ1n) is 10.8. The summed E-state index contributed by atoms with van der Waals surface area (Å²) in [6.07, 6.45) is 25.5. The first kappa shape index (κ1) is 19.4. The van der Waals surface area contributed by atoms with E-state index in [1.54, 1.807) is 19.3 Å². The van der Waals surface area contributed by atoms with E-state index in [2.05, 4.69) is 27.9 Å². The van der Waals surface area contributed by atoms with Crippen molar-refractivity contribution in [3.63, 3.8) is 0 Å². The highest BCUT2D eigenvalue weighted by molar-refractivity contribution is 7.84. The number of hydrogen-bond acceptors (Lipinski definition) is 3. The molecule has 5 nitrogen and oxygen atoms in total. The van der Waals surface area contributed by atoms with Crippen molar-refractivity contribution in [2.24, 2.45) is 17.8 Å². The molecule has 6 rings (SSSR count). The summed E-state index contributed by atoms with van der Waals surface area (Å²) in [5.41, 5.74) is 0.505. The largest absolute Gasteiger partial charge is 0.748 e. The Bertz CT molecular complexity index is 704. The lowest BCUT2D eigenvalue weighted by molar-refractivity contribution is -0.724. The predicted molar refractivity (Wildman–Crippen MR) is 103 cm³/mol. The third-order valence-corrected chi connectivity index (χ3v) is 7.46. The summed E-state index contributed by atoms with van der Waals surface area (Å²) in [6, 6.07) is 0.776. The molecule has 6 heteroatoms. The number of aromatic nitrogens is 2. The maximum atomic E-state index is 9.08. The van der Waals surface area contributed by atoms with E-state index in [4.69, 9.17) is 13.0 Å². The van der Waals surface area contributed by atoms with Crippen LogP contribution in [-0.4, -0.2) is 23.8 Å². The molecule has 0 amide bonds. The van der Waals surface area contributed by atoms with Gasteiger partial charge in [-0.3, -0.25) is 0 Å². The standard InChI is InChI=1S/C20H31N2.CH4O3S/c1-2-4-6-19(5-3-1)21-7-8-22(15-21)20-12-16-9-17(13-20)11-18(10-16)14-20;1-5(2,3)4/h7-8,15-19H,1-6,9-14H2;1H3,(H,2,3,4)/q+1;/p-1. The molecule has 5 fully saturated rings. The fraction of sp³-hybridized carbons (Fsp3) is 0.857. The van der Waals surface area contributed by atoms with Gasteiger partial charge in [-0.2, -0.15) is 0 Å². The van der Waals surface area contributed by atoms with Crippen LogP contribution in [0.4, 0.5) is 0 Å². The molecule has 5 saturated carbocycles. The smallest absolute Gasteiger partial charge is 0.244 e. The zero-order valence-electron chi connectivity index (χ0n) is 16.6. The summed E-state index contributed by atoms with van der Waals surface area (Å²) in [4.78, 5) is 0. The quantitative estimate of drug-likeness (QED) is 0.436. The molecular formula is C21H34N2O3S. The van der Waals surface area contributed by atoms with Gasteiger partial charge in [0.15, 0.2) is 0 Å². The van der Waals surface area contributed by atoms with Crippen LogP contribution in [-0.2, 0) is 15.7 Å². The highest BCUT2D eigenvalue weighted by Gasteiger charge is 2.54. The van der Waals surface area contributed by atoms with E-state index in [1.807, 2.05) is 0 Å². The molecule has 5 aliphatic carbocycles. The minimum atomic E-state index is -3.92. The van der Waals surface area contributed by atoms with Crippen molar-refractivity contribution >= 4 is 10.1 Å². The minimum absolute atomic E-state index is 0.505. The second-order valence-electron chi connectivity index (χ2n) is 9.76. The normalized spacial score (nSPS) is 36.1. The molecule has 0 N–H and O–H groups in total. The van der Waals surface area contributed by atoms with Crippen molar-refractivity contribution in [1.82, 2.24) is 4.57 Å². The fourth-order valence-corrected chi connectivity index (χ4v) is 6.80. The number of nitrogens with zero attached hydrogens (tertiary/aromatic N) is 2. The van der Waals surface area contributed by atoms with Crippen molar-refractivity contribution in [3.8, 4) is 0 Å². The molecule has 1 aromatic rings. The summed E-state index contributed by atoms with van der Waals surface area (Å²) >= 11 is 0. The molecule has 0 spiro atoms.